The fraction of sp³-hybridized carbons (Fsp3) is 0.643. The van der Waals surface area contributed by atoms with Crippen LogP contribution < -0.4 is 5.73 Å². The highest BCUT2D eigenvalue weighted by Gasteiger charge is 2.40. The number of aryl methyl sites for hydroxylation is 1. The summed E-state index contributed by atoms with van der Waals surface area (Å²) >= 11 is 0. The molecular weight excluding hydrogens is 212 g/mol. The highest BCUT2D eigenvalue weighted by Crippen LogP contribution is 2.42. The first-order valence-corrected chi connectivity index (χ1v) is 6.60. The number of nitrogens with zero attached hydrogens (tertiary/aromatic N) is 1. The van der Waals surface area contributed by atoms with Crippen molar-refractivity contribution in [1.29, 1.82) is 0 Å². The van der Waals surface area contributed by atoms with Crippen molar-refractivity contribution < 1.29 is 4.74 Å². The molecular formula is C14H20N2O. The van der Waals surface area contributed by atoms with Crippen molar-refractivity contribution in [3.63, 3.8) is 0 Å². The van der Waals surface area contributed by atoms with Gasteiger partial charge in [-0.3, -0.25) is 4.98 Å². The fourth-order valence-corrected chi connectivity index (χ4v) is 3.31. The molecule has 1 saturated heterocycles. The van der Waals surface area contributed by atoms with Gasteiger partial charge < -0.3 is 10.5 Å². The van der Waals surface area contributed by atoms with Crippen LogP contribution in [0.1, 0.15) is 42.9 Å². The molecule has 0 radical (unpaired) electrons. The smallest absolute Gasteiger partial charge is 0.0484 e. The van der Waals surface area contributed by atoms with Gasteiger partial charge >= 0.3 is 0 Å². The van der Waals surface area contributed by atoms with E-state index in [4.69, 9.17) is 10.5 Å². The Hall–Kier alpha value is -0.930. The molecule has 0 spiro atoms. The first-order chi connectivity index (χ1) is 8.30. The molecule has 3 rings (SSSR count). The van der Waals surface area contributed by atoms with E-state index in [0.717, 1.165) is 45.3 Å². The lowest BCUT2D eigenvalue weighted by atomic mass is 9.77. The van der Waals surface area contributed by atoms with Crippen molar-refractivity contribution in [3.05, 3.63) is 29.6 Å². The molecule has 3 nitrogen and oxygen atoms in total. The predicted octanol–water partition coefficient (Wildman–Crippen LogP) is 2.01. The number of ether oxygens (including phenoxy) is 1. The van der Waals surface area contributed by atoms with Crippen LogP contribution in [0.2, 0.25) is 0 Å². The number of nitrogens with two attached hydrogens (primary N) is 1. The predicted molar refractivity (Wildman–Crippen MR) is 66.9 cm³/mol. The molecule has 2 aliphatic rings. The molecule has 2 atom stereocenters. The van der Waals surface area contributed by atoms with Crippen molar-refractivity contribution >= 4 is 0 Å². The van der Waals surface area contributed by atoms with Crippen LogP contribution in [0.3, 0.4) is 0 Å². The average Bonchev–Trinajstić information content (AvgIpc) is 2.67. The number of hydrogen-bond acceptors (Lipinski definition) is 3. The number of fused-ring (bicyclic) bond motifs is 1. The van der Waals surface area contributed by atoms with Crippen LogP contribution in [0.4, 0.5) is 0 Å². The molecule has 1 aromatic rings. The van der Waals surface area contributed by atoms with E-state index in [1.54, 1.807) is 0 Å². The maximum absolute atomic E-state index is 6.66. The van der Waals surface area contributed by atoms with Gasteiger partial charge in [0.05, 0.1) is 0 Å². The third kappa shape index (κ3) is 1.98. The van der Waals surface area contributed by atoms with Gasteiger partial charge in [0.2, 0.25) is 0 Å². The lowest BCUT2D eigenvalue weighted by molar-refractivity contribution is 0.137. The molecule has 1 aliphatic carbocycles. The number of rotatable bonds is 1. The van der Waals surface area contributed by atoms with E-state index in [1.165, 1.54) is 11.3 Å². The van der Waals surface area contributed by atoms with Crippen molar-refractivity contribution in [1.82, 2.24) is 4.98 Å². The largest absolute Gasteiger partial charge is 0.381 e. The molecule has 92 valence electrons. The first kappa shape index (κ1) is 11.2. The van der Waals surface area contributed by atoms with Gasteiger partial charge in [-0.2, -0.15) is 0 Å². The highest BCUT2D eigenvalue weighted by atomic mass is 16.5. The van der Waals surface area contributed by atoms with Crippen molar-refractivity contribution in [2.24, 2.45) is 5.73 Å². The van der Waals surface area contributed by atoms with E-state index < -0.39 is 0 Å². The Morgan fingerprint density at radius 3 is 3.24 bits per heavy atom. The molecule has 0 saturated carbocycles. The van der Waals surface area contributed by atoms with Crippen LogP contribution in [-0.2, 0) is 11.2 Å². The first-order valence-electron chi connectivity index (χ1n) is 6.60. The molecule has 1 aromatic heterocycles. The Morgan fingerprint density at radius 2 is 2.29 bits per heavy atom. The normalized spacial score (nSPS) is 33.1. The Morgan fingerprint density at radius 1 is 1.35 bits per heavy atom. The quantitative estimate of drug-likeness (QED) is 0.805. The highest BCUT2D eigenvalue weighted by molar-refractivity contribution is 5.31. The molecule has 3 heteroatoms. The van der Waals surface area contributed by atoms with E-state index in [1.807, 2.05) is 12.3 Å². The Kier molecular flexibility index (Phi) is 2.89. The third-order valence-corrected chi connectivity index (χ3v) is 4.30. The van der Waals surface area contributed by atoms with E-state index in [2.05, 4.69) is 11.1 Å². The van der Waals surface area contributed by atoms with E-state index in [-0.39, 0.29) is 5.54 Å². The summed E-state index contributed by atoms with van der Waals surface area (Å²) in [4.78, 5) is 4.57. The lowest BCUT2D eigenvalue weighted by Crippen LogP contribution is -2.45. The van der Waals surface area contributed by atoms with Gasteiger partial charge in [0, 0.05) is 36.6 Å². The number of hydrogen-bond donors (Lipinski definition) is 1. The summed E-state index contributed by atoms with van der Waals surface area (Å²) in [5, 5.41) is 0. The van der Waals surface area contributed by atoms with Crippen LogP contribution in [0.5, 0.6) is 0 Å². The second kappa shape index (κ2) is 4.39. The van der Waals surface area contributed by atoms with Gasteiger partial charge in [0.1, 0.15) is 0 Å². The molecule has 0 amide bonds. The molecule has 0 bridgehead atoms. The molecule has 2 unspecified atom stereocenters. The van der Waals surface area contributed by atoms with Gasteiger partial charge in [0.15, 0.2) is 0 Å². The molecule has 17 heavy (non-hydrogen) atoms. The minimum atomic E-state index is -0.101. The SMILES string of the molecule is NC1(C2CCc3cccnc32)CCCOCC1. The number of aromatic nitrogens is 1. The van der Waals surface area contributed by atoms with Crippen LogP contribution in [0.25, 0.3) is 0 Å². The summed E-state index contributed by atoms with van der Waals surface area (Å²) in [7, 11) is 0. The molecule has 1 fully saturated rings. The minimum Gasteiger partial charge on any atom is -0.381 e. The van der Waals surface area contributed by atoms with Crippen molar-refractivity contribution in [2.45, 2.75) is 43.6 Å². The van der Waals surface area contributed by atoms with Gasteiger partial charge in [-0.15, -0.1) is 0 Å². The summed E-state index contributed by atoms with van der Waals surface area (Å²) in [5.41, 5.74) is 9.20. The minimum absolute atomic E-state index is 0.101. The van der Waals surface area contributed by atoms with Crippen LogP contribution in [0.15, 0.2) is 18.3 Å². The average molecular weight is 232 g/mol. The second-order valence-electron chi connectivity index (χ2n) is 5.34. The summed E-state index contributed by atoms with van der Waals surface area (Å²) in [6, 6.07) is 4.22. The maximum Gasteiger partial charge on any atom is 0.0484 e. The summed E-state index contributed by atoms with van der Waals surface area (Å²) in [6.45, 7) is 1.66. The third-order valence-electron chi connectivity index (χ3n) is 4.30. The van der Waals surface area contributed by atoms with Crippen molar-refractivity contribution in [3.8, 4) is 0 Å². The Balaban J connectivity index is 1.89. The summed E-state index contributed by atoms with van der Waals surface area (Å²) in [5.74, 6) is 0.431. The van der Waals surface area contributed by atoms with Gasteiger partial charge in [0.25, 0.3) is 0 Å². The monoisotopic (exact) mass is 232 g/mol. The lowest BCUT2D eigenvalue weighted by Gasteiger charge is -2.34. The van der Waals surface area contributed by atoms with Crippen LogP contribution in [-0.4, -0.2) is 23.7 Å². The molecule has 0 aromatic carbocycles. The zero-order chi connectivity index (χ0) is 11.7. The molecule has 2 N–H and O–H groups in total. The van der Waals surface area contributed by atoms with Crippen LogP contribution in [0, 0.1) is 0 Å². The standard InChI is InChI=1S/C14H20N2O/c15-14(6-2-9-17-10-7-14)12-5-4-11-3-1-8-16-13(11)12/h1,3,8,12H,2,4-7,9-10,15H2. The van der Waals surface area contributed by atoms with Gasteiger partial charge in [-0.25, -0.2) is 0 Å². The Bertz CT molecular complexity index is 397. The Labute approximate surface area is 102 Å². The zero-order valence-corrected chi connectivity index (χ0v) is 10.2. The molecule has 2 heterocycles. The summed E-state index contributed by atoms with van der Waals surface area (Å²) in [6.07, 6.45) is 7.29. The van der Waals surface area contributed by atoms with E-state index >= 15 is 0 Å². The van der Waals surface area contributed by atoms with Crippen molar-refractivity contribution in [2.75, 3.05) is 13.2 Å². The zero-order valence-electron chi connectivity index (χ0n) is 10.2. The second-order valence-corrected chi connectivity index (χ2v) is 5.34. The number of pyridine rings is 1. The maximum atomic E-state index is 6.66. The topological polar surface area (TPSA) is 48.1 Å². The van der Waals surface area contributed by atoms with E-state index in [9.17, 15) is 0 Å². The van der Waals surface area contributed by atoms with Gasteiger partial charge in [-0.1, -0.05) is 6.07 Å². The molecule has 1 aliphatic heterocycles. The van der Waals surface area contributed by atoms with Crippen LogP contribution >= 0.6 is 0 Å². The van der Waals surface area contributed by atoms with E-state index in [0.29, 0.717) is 5.92 Å². The summed E-state index contributed by atoms with van der Waals surface area (Å²) < 4.78 is 5.54. The fourth-order valence-electron chi connectivity index (χ4n) is 3.31. The van der Waals surface area contributed by atoms with Gasteiger partial charge in [-0.05, 0) is 43.7 Å².